The fourth-order valence-corrected chi connectivity index (χ4v) is 11.7. The van der Waals surface area contributed by atoms with Crippen molar-refractivity contribution in [3.63, 3.8) is 0 Å². The molecule has 24 nitrogen and oxygen atoms in total. The van der Waals surface area contributed by atoms with Crippen LogP contribution < -0.4 is 10.6 Å². The lowest BCUT2D eigenvalue weighted by molar-refractivity contribution is 0.0258. The third-order valence-electron chi connectivity index (χ3n) is 12.8. The number of phosphoric acid groups is 1. The Kier molecular flexibility index (Phi) is 15.9. The smallest absolute Gasteiger partial charge is 0.379 e. The molecule has 0 aliphatic heterocycles. The van der Waals surface area contributed by atoms with Crippen molar-refractivity contribution in [2.45, 2.75) is 116 Å². The number of thiazole rings is 2. The molecule has 75 heavy (non-hydrogen) atoms. The van der Waals surface area contributed by atoms with Gasteiger partial charge in [0.1, 0.15) is 21.4 Å². The molecule has 8 aromatic heterocycles. The molecule has 3 N–H and O–H groups in total. The molecule has 2 atom stereocenters. The Morgan fingerprint density at radius 1 is 0.653 bits per heavy atom. The second-order valence-corrected chi connectivity index (χ2v) is 21.0. The summed E-state index contributed by atoms with van der Waals surface area (Å²) < 4.78 is 42.5. The molecule has 2 amide bonds. The molecule has 2 fully saturated rings. The maximum Gasteiger partial charge on any atom is 0.476 e. The minimum Gasteiger partial charge on any atom is -0.379 e. The fourth-order valence-electron chi connectivity index (χ4n) is 9.13. The minimum absolute atomic E-state index is 0.134. The van der Waals surface area contributed by atoms with Crippen LogP contribution in [-0.4, -0.2) is 111 Å². The topological polar surface area (TPSA) is 281 Å². The molecule has 392 valence electrons. The van der Waals surface area contributed by atoms with E-state index in [2.05, 4.69) is 50.7 Å². The summed E-state index contributed by atoms with van der Waals surface area (Å²) in [6.45, 7) is 8.44. The van der Waals surface area contributed by atoms with Crippen LogP contribution in [0.2, 0.25) is 0 Å². The molecule has 0 radical (unpaired) electrons. The highest BCUT2D eigenvalue weighted by atomic mass is 32.1. The Morgan fingerprint density at radius 3 is 1.44 bits per heavy atom. The molecular weight excluding hydrogens is 1020 g/mol. The van der Waals surface area contributed by atoms with Gasteiger partial charge in [-0.05, 0) is 91.2 Å². The van der Waals surface area contributed by atoms with Crippen molar-refractivity contribution in [2.24, 2.45) is 0 Å². The van der Waals surface area contributed by atoms with Crippen LogP contribution in [-0.2, 0) is 23.1 Å². The van der Waals surface area contributed by atoms with Crippen molar-refractivity contribution < 1.29 is 37.6 Å². The molecule has 2 aliphatic rings. The number of amides is 2. The summed E-state index contributed by atoms with van der Waals surface area (Å²) in [6, 6.07) is 3.70. The Labute approximate surface area is 438 Å². The number of hydrogen-bond donors (Lipinski definition) is 3. The van der Waals surface area contributed by atoms with Crippen molar-refractivity contribution in [1.29, 1.82) is 0 Å². The normalized spacial score (nSPS) is 19.6. The van der Waals surface area contributed by atoms with Gasteiger partial charge in [0.2, 0.25) is 0 Å². The molecule has 0 bridgehead atoms. The Hall–Kier alpha value is -6.77. The summed E-state index contributed by atoms with van der Waals surface area (Å²) in [6.07, 6.45) is 21.9. The molecule has 2 aliphatic carbocycles. The highest BCUT2D eigenvalue weighted by Gasteiger charge is 2.32. The second-order valence-electron chi connectivity index (χ2n) is 17.9. The number of nitrogens with zero attached hydrogens (tertiary/aromatic N) is 14. The van der Waals surface area contributed by atoms with Crippen molar-refractivity contribution in [1.82, 2.24) is 69.0 Å². The summed E-state index contributed by atoms with van der Waals surface area (Å²) >= 11 is 2.46. The molecule has 10 rings (SSSR count). The van der Waals surface area contributed by atoms with Gasteiger partial charge in [0, 0.05) is 84.7 Å². The van der Waals surface area contributed by atoms with Gasteiger partial charge in [-0.3, -0.25) is 28.0 Å². The maximum absolute atomic E-state index is 13.7. The SMILES string of the molecule is CCOC1CCC(n2cc(NC(=O)c3csc(-c4cnn([C@@H](C)OP(=O)(O)O[C@H](C)n5cc(-c6nc(C(=O)Nc7cn(C8CCC(OCC)CC8)nc7-c7ncccn7)cs6)cn5)c4)n3)c(-c3ncccn3)n2)CC1. The van der Waals surface area contributed by atoms with Gasteiger partial charge in [-0.2, -0.15) is 20.4 Å². The Morgan fingerprint density at radius 2 is 1.05 bits per heavy atom. The number of hydrogen-bond acceptors (Lipinski definition) is 19. The summed E-state index contributed by atoms with van der Waals surface area (Å²) in [5.41, 5.74) is 3.25. The predicted molar refractivity (Wildman–Crippen MR) is 276 cm³/mol. The van der Waals surface area contributed by atoms with Crippen LogP contribution >= 0.6 is 30.5 Å². The molecule has 0 spiro atoms. The van der Waals surface area contributed by atoms with Gasteiger partial charge >= 0.3 is 7.82 Å². The third kappa shape index (κ3) is 12.2. The predicted octanol–water partition coefficient (Wildman–Crippen LogP) is 9.05. The zero-order valence-corrected chi connectivity index (χ0v) is 44.0. The van der Waals surface area contributed by atoms with E-state index in [0.717, 1.165) is 51.4 Å². The van der Waals surface area contributed by atoms with Gasteiger partial charge in [0.15, 0.2) is 35.5 Å². The van der Waals surface area contributed by atoms with Crippen LogP contribution in [0.5, 0.6) is 0 Å². The van der Waals surface area contributed by atoms with E-state index >= 15 is 0 Å². The van der Waals surface area contributed by atoms with Gasteiger partial charge in [0.05, 0.1) is 48.1 Å². The number of rotatable bonds is 20. The van der Waals surface area contributed by atoms with Crippen LogP contribution in [0.3, 0.4) is 0 Å². The monoisotopic (exact) mass is 1080 g/mol. The number of ether oxygens (including phenoxy) is 2. The number of carbonyl (C=O) groups excluding carboxylic acids is 2. The zero-order valence-electron chi connectivity index (χ0n) is 41.4. The number of nitrogens with one attached hydrogen (secondary N) is 2. The van der Waals surface area contributed by atoms with E-state index in [-0.39, 0.29) is 35.7 Å². The highest BCUT2D eigenvalue weighted by Crippen LogP contribution is 2.50. The largest absolute Gasteiger partial charge is 0.476 e. The zero-order chi connectivity index (χ0) is 52.1. The van der Waals surface area contributed by atoms with Crippen LogP contribution in [0, 0.1) is 0 Å². The molecular formula is C48H55N16O8PS2. The molecule has 2 saturated carbocycles. The summed E-state index contributed by atoms with van der Waals surface area (Å²) in [4.78, 5) is 64.9. The fraction of sp³-hybridized carbons (Fsp3) is 0.417. The summed E-state index contributed by atoms with van der Waals surface area (Å²) in [5, 5.41) is 28.5. The van der Waals surface area contributed by atoms with Crippen LogP contribution in [0.1, 0.15) is 125 Å². The lowest BCUT2D eigenvalue weighted by Gasteiger charge is -2.28. The van der Waals surface area contributed by atoms with E-state index in [1.807, 2.05) is 35.6 Å². The Bertz CT molecular complexity index is 3040. The van der Waals surface area contributed by atoms with Crippen molar-refractivity contribution in [2.75, 3.05) is 23.8 Å². The van der Waals surface area contributed by atoms with E-state index < -0.39 is 32.1 Å². The molecule has 8 aromatic rings. The quantitative estimate of drug-likeness (QED) is 0.0600. The standard InChI is InChI=1S/C48H55N16O8PS2/c1-5-69-35-13-9-33(10-14-35)63-25-37(41(59-63)43-49-17-7-18-50-43)55-45(65)39-27-74-47(57-39)31-21-53-61(23-31)29(3)71-73(67,68)72-30(4)62-24-32(22-54-62)48-58-40(28-75-48)46(66)56-38-26-64(34-11-15-36(16-12-34)70-6-2)60-42(38)44-51-19-8-20-52-44/h7-8,17-30,33-36H,5-6,9-16H2,1-4H3,(H,55,65)(H,56,66)(H,67,68)/t29-,30-,33?,34?,35?,36?/m1/s1. The number of aromatic nitrogens is 14. The molecule has 8 heterocycles. The van der Waals surface area contributed by atoms with Gasteiger partial charge in [-0.25, -0.2) is 43.8 Å². The third-order valence-corrected chi connectivity index (χ3v) is 15.8. The van der Waals surface area contributed by atoms with E-state index in [0.29, 0.717) is 68.8 Å². The van der Waals surface area contributed by atoms with Crippen LogP contribution in [0.4, 0.5) is 11.4 Å². The first-order chi connectivity index (χ1) is 36.4. The minimum atomic E-state index is -4.72. The first-order valence-corrected chi connectivity index (χ1v) is 27.9. The highest BCUT2D eigenvalue weighted by molar-refractivity contribution is 7.47. The number of phosphoric ester groups is 1. The average molecular weight is 1080 g/mol. The number of anilines is 2. The molecule has 0 unspecified atom stereocenters. The van der Waals surface area contributed by atoms with Crippen molar-refractivity contribution in [3.05, 3.63) is 96.2 Å². The van der Waals surface area contributed by atoms with Gasteiger partial charge < -0.3 is 25.0 Å². The van der Waals surface area contributed by atoms with Gasteiger partial charge in [-0.15, -0.1) is 22.7 Å². The lowest BCUT2D eigenvalue weighted by atomic mass is 9.93. The first-order valence-electron chi connectivity index (χ1n) is 24.7. The molecule has 0 saturated heterocycles. The Balaban J connectivity index is 0.741. The lowest BCUT2D eigenvalue weighted by Crippen LogP contribution is -2.24. The average Bonchev–Trinajstić information content (AvgIpc) is 4.29. The molecule has 27 heteroatoms. The van der Waals surface area contributed by atoms with Crippen molar-refractivity contribution >= 4 is 53.7 Å². The molecule has 0 aromatic carbocycles. The van der Waals surface area contributed by atoms with E-state index in [4.69, 9.17) is 28.7 Å². The van der Waals surface area contributed by atoms with Gasteiger partial charge in [0.25, 0.3) is 11.8 Å². The van der Waals surface area contributed by atoms with E-state index in [1.165, 1.54) is 58.3 Å². The van der Waals surface area contributed by atoms with E-state index in [1.54, 1.807) is 60.1 Å². The van der Waals surface area contributed by atoms with Crippen LogP contribution in [0.25, 0.3) is 44.2 Å². The van der Waals surface area contributed by atoms with Crippen molar-refractivity contribution in [3.8, 4) is 44.2 Å². The van der Waals surface area contributed by atoms with E-state index in [9.17, 15) is 19.0 Å². The summed E-state index contributed by atoms with van der Waals surface area (Å²) in [7, 11) is -4.72. The maximum atomic E-state index is 13.7. The summed E-state index contributed by atoms with van der Waals surface area (Å²) in [5.74, 6) is -0.134. The van der Waals surface area contributed by atoms with Crippen LogP contribution in [0.15, 0.2) is 84.9 Å². The first kappa shape index (κ1) is 51.7. The number of carbonyl (C=O) groups is 2. The second kappa shape index (κ2) is 23.0. The van der Waals surface area contributed by atoms with Gasteiger partial charge in [-0.1, -0.05) is 0 Å².